The lowest BCUT2D eigenvalue weighted by Crippen LogP contribution is -2.31. The zero-order valence-corrected chi connectivity index (χ0v) is 10.7. The van der Waals surface area contributed by atoms with Crippen LogP contribution in [0.2, 0.25) is 0 Å². The molecule has 0 aromatic carbocycles. The van der Waals surface area contributed by atoms with Crippen molar-refractivity contribution in [2.45, 2.75) is 46.1 Å². The minimum absolute atomic E-state index is 0.0423. The second-order valence-electron chi connectivity index (χ2n) is 4.90. The van der Waals surface area contributed by atoms with Gasteiger partial charge >= 0.3 is 5.69 Å². The molecule has 1 aromatic heterocycles. The molecule has 1 aromatic rings. The summed E-state index contributed by atoms with van der Waals surface area (Å²) >= 11 is 5.23. The first-order chi connectivity index (χ1) is 7.59. The number of hydrogen-bond acceptors (Lipinski definition) is 2. The van der Waals surface area contributed by atoms with Crippen molar-refractivity contribution in [2.75, 3.05) is 0 Å². The largest absolute Gasteiger partial charge is 0.326 e. The molecule has 88 valence electrons. The molecular formula is C12H18N2OS. The highest BCUT2D eigenvalue weighted by Gasteiger charge is 2.16. The van der Waals surface area contributed by atoms with E-state index in [-0.39, 0.29) is 5.69 Å². The van der Waals surface area contributed by atoms with Gasteiger partial charge < -0.3 is 0 Å². The van der Waals surface area contributed by atoms with E-state index in [9.17, 15) is 4.79 Å². The van der Waals surface area contributed by atoms with Gasteiger partial charge in [-0.1, -0.05) is 26.1 Å². The number of H-pyrrole nitrogens is 1. The van der Waals surface area contributed by atoms with Crippen molar-refractivity contribution in [3.63, 3.8) is 0 Å². The average molecular weight is 238 g/mol. The molecule has 0 unspecified atom stereocenters. The second-order valence-corrected chi connectivity index (χ2v) is 5.30. The normalized spacial score (nSPS) is 15.2. The van der Waals surface area contributed by atoms with Gasteiger partial charge in [-0.2, -0.15) is 0 Å². The Bertz CT molecular complexity index is 499. The van der Waals surface area contributed by atoms with Crippen LogP contribution in [0.25, 0.3) is 0 Å². The fourth-order valence-corrected chi connectivity index (χ4v) is 2.66. The molecule has 0 atom stereocenters. The maximum absolute atomic E-state index is 11.9. The summed E-state index contributed by atoms with van der Waals surface area (Å²) in [5, 5.41) is 0. The van der Waals surface area contributed by atoms with E-state index >= 15 is 0 Å². The molecule has 16 heavy (non-hydrogen) atoms. The Labute approximate surface area is 101 Å². The molecule has 1 aliphatic rings. The average Bonchev–Trinajstić information content (AvgIpc) is 2.24. The number of aromatic nitrogens is 2. The molecule has 0 bridgehead atoms. The molecule has 4 heteroatoms. The van der Waals surface area contributed by atoms with Crippen LogP contribution in [0.15, 0.2) is 4.79 Å². The Balaban J connectivity index is 2.59. The highest BCUT2D eigenvalue weighted by Crippen LogP contribution is 2.20. The summed E-state index contributed by atoms with van der Waals surface area (Å²) in [5.41, 5.74) is 2.33. The minimum atomic E-state index is -0.0423. The summed E-state index contributed by atoms with van der Waals surface area (Å²) in [6, 6.07) is 0. The highest BCUT2D eigenvalue weighted by atomic mass is 32.1. The third-order valence-corrected chi connectivity index (χ3v) is 3.40. The molecule has 1 N–H and O–H groups in total. The van der Waals surface area contributed by atoms with Crippen LogP contribution < -0.4 is 5.69 Å². The van der Waals surface area contributed by atoms with Crippen LogP contribution in [0.1, 0.15) is 37.9 Å². The standard InChI is InChI=1S/C12H18N2OS/c1-8(2)7-14-10-6-4-3-5-9(10)11(16)13-12(14)15/h8H,3-7H2,1-2H3,(H,13,15,16). The summed E-state index contributed by atoms with van der Waals surface area (Å²) in [6.45, 7) is 5.04. The van der Waals surface area contributed by atoms with Crippen LogP contribution in [-0.2, 0) is 19.4 Å². The Kier molecular flexibility index (Phi) is 3.28. The van der Waals surface area contributed by atoms with Gasteiger partial charge in [0, 0.05) is 17.8 Å². The van der Waals surface area contributed by atoms with Crippen LogP contribution in [0.5, 0.6) is 0 Å². The number of fused-ring (bicyclic) bond motifs is 1. The van der Waals surface area contributed by atoms with E-state index < -0.39 is 0 Å². The number of rotatable bonds is 2. The van der Waals surface area contributed by atoms with Crippen LogP contribution in [0.3, 0.4) is 0 Å². The van der Waals surface area contributed by atoms with Crippen molar-refractivity contribution in [1.82, 2.24) is 9.55 Å². The van der Waals surface area contributed by atoms with Gasteiger partial charge in [-0.15, -0.1) is 0 Å². The van der Waals surface area contributed by atoms with Gasteiger partial charge in [-0.3, -0.25) is 9.55 Å². The SMILES string of the molecule is CC(C)Cn1c2c(c(=S)[nH]c1=O)CCCC2. The highest BCUT2D eigenvalue weighted by molar-refractivity contribution is 7.71. The number of nitrogens with zero attached hydrogens (tertiary/aromatic N) is 1. The zero-order chi connectivity index (χ0) is 11.7. The first-order valence-electron chi connectivity index (χ1n) is 5.94. The second kappa shape index (κ2) is 4.53. The maximum atomic E-state index is 11.9. The molecule has 0 amide bonds. The third kappa shape index (κ3) is 2.12. The third-order valence-electron chi connectivity index (χ3n) is 3.05. The van der Waals surface area contributed by atoms with Crippen molar-refractivity contribution >= 4 is 12.2 Å². The lowest BCUT2D eigenvalue weighted by molar-refractivity contribution is 0.470. The van der Waals surface area contributed by atoms with E-state index in [0.717, 1.165) is 19.4 Å². The Hall–Kier alpha value is -0.900. The molecule has 1 heterocycles. The van der Waals surface area contributed by atoms with Crippen molar-refractivity contribution in [3.05, 3.63) is 26.4 Å². The number of aromatic amines is 1. The van der Waals surface area contributed by atoms with Gasteiger partial charge in [-0.05, 0) is 31.6 Å². The van der Waals surface area contributed by atoms with E-state index in [1.54, 1.807) is 0 Å². The van der Waals surface area contributed by atoms with Gasteiger partial charge in [0.25, 0.3) is 0 Å². The summed E-state index contributed by atoms with van der Waals surface area (Å²) in [7, 11) is 0. The van der Waals surface area contributed by atoms with Crippen molar-refractivity contribution in [1.29, 1.82) is 0 Å². The molecule has 1 aliphatic carbocycles. The van der Waals surface area contributed by atoms with Gasteiger partial charge in [0.1, 0.15) is 4.64 Å². The van der Waals surface area contributed by atoms with Crippen LogP contribution >= 0.6 is 12.2 Å². The zero-order valence-electron chi connectivity index (χ0n) is 9.88. The smallest absolute Gasteiger partial charge is 0.298 e. The lowest BCUT2D eigenvalue weighted by Gasteiger charge is -2.21. The maximum Gasteiger partial charge on any atom is 0.326 e. The van der Waals surface area contributed by atoms with Crippen molar-refractivity contribution in [3.8, 4) is 0 Å². The summed E-state index contributed by atoms with van der Waals surface area (Å²) in [4.78, 5) is 14.7. The molecule has 0 radical (unpaired) electrons. The van der Waals surface area contributed by atoms with E-state index in [4.69, 9.17) is 12.2 Å². The first-order valence-corrected chi connectivity index (χ1v) is 6.35. The quantitative estimate of drug-likeness (QED) is 0.804. The van der Waals surface area contributed by atoms with E-state index in [1.165, 1.54) is 24.1 Å². The number of nitrogens with one attached hydrogen (secondary N) is 1. The van der Waals surface area contributed by atoms with Crippen molar-refractivity contribution in [2.24, 2.45) is 5.92 Å². The minimum Gasteiger partial charge on any atom is -0.298 e. The van der Waals surface area contributed by atoms with Gasteiger partial charge in [0.2, 0.25) is 0 Å². The molecular weight excluding hydrogens is 220 g/mol. The summed E-state index contributed by atoms with van der Waals surface area (Å²) < 4.78 is 2.54. The van der Waals surface area contributed by atoms with Gasteiger partial charge in [0.15, 0.2) is 0 Å². The topological polar surface area (TPSA) is 37.8 Å². The van der Waals surface area contributed by atoms with E-state index in [0.29, 0.717) is 10.6 Å². The first kappa shape index (κ1) is 11.6. The molecule has 0 spiro atoms. The molecule has 0 fully saturated rings. The number of hydrogen-bond donors (Lipinski definition) is 1. The molecule has 2 rings (SSSR count). The molecule has 3 nitrogen and oxygen atoms in total. The molecule has 0 aliphatic heterocycles. The molecule has 0 saturated carbocycles. The van der Waals surface area contributed by atoms with Crippen LogP contribution in [-0.4, -0.2) is 9.55 Å². The summed E-state index contributed by atoms with van der Waals surface area (Å²) in [5.74, 6) is 0.480. The predicted octanol–water partition coefficient (Wildman–Crippen LogP) is 2.44. The van der Waals surface area contributed by atoms with Crippen LogP contribution in [0, 0.1) is 10.6 Å². The molecule has 0 saturated heterocycles. The Morgan fingerprint density at radius 3 is 2.75 bits per heavy atom. The van der Waals surface area contributed by atoms with Gasteiger partial charge in [-0.25, -0.2) is 4.79 Å². The van der Waals surface area contributed by atoms with E-state index in [1.807, 2.05) is 4.57 Å². The Morgan fingerprint density at radius 2 is 2.06 bits per heavy atom. The monoisotopic (exact) mass is 238 g/mol. The lowest BCUT2D eigenvalue weighted by atomic mass is 9.97. The van der Waals surface area contributed by atoms with E-state index in [2.05, 4.69) is 18.8 Å². The van der Waals surface area contributed by atoms with Crippen molar-refractivity contribution < 1.29 is 0 Å². The Morgan fingerprint density at radius 1 is 1.38 bits per heavy atom. The fourth-order valence-electron chi connectivity index (χ4n) is 2.35. The summed E-state index contributed by atoms with van der Waals surface area (Å²) in [6.07, 6.45) is 4.37. The predicted molar refractivity (Wildman–Crippen MR) is 67.4 cm³/mol. The fraction of sp³-hybridized carbons (Fsp3) is 0.667. The van der Waals surface area contributed by atoms with Gasteiger partial charge in [0.05, 0.1) is 0 Å². The van der Waals surface area contributed by atoms with Crippen LogP contribution in [0.4, 0.5) is 0 Å².